The lowest BCUT2D eigenvalue weighted by atomic mass is 10.0. The zero-order chi connectivity index (χ0) is 33.7. The lowest BCUT2D eigenvalue weighted by Gasteiger charge is -2.23. The molecule has 1 N–H and O–H groups in total. The lowest BCUT2D eigenvalue weighted by molar-refractivity contribution is 0.0696. The number of hydrogen-bond acceptors (Lipinski definition) is 3. The van der Waals surface area contributed by atoms with E-state index in [1.165, 1.54) is 153 Å². The number of aromatic carboxylic acids is 1. The van der Waals surface area contributed by atoms with Crippen molar-refractivity contribution >= 4 is 38.6 Å². The molecule has 7 heteroatoms. The summed E-state index contributed by atoms with van der Waals surface area (Å²) in [6.07, 6.45) is 35.6. The quantitative estimate of drug-likeness (QED) is 0.0570. The average Bonchev–Trinajstić information content (AvgIpc) is 3.03. The van der Waals surface area contributed by atoms with Gasteiger partial charge in [-0.15, -0.1) is 0 Å². The fraction of sp³-hybridized carbons (Fsp3) is 0.821. The van der Waals surface area contributed by atoms with Crippen LogP contribution in [0.4, 0.5) is 0 Å². The monoisotopic (exact) mass is 775 g/mol. The van der Waals surface area contributed by atoms with Crippen LogP contribution in [0.3, 0.4) is 0 Å². The van der Waals surface area contributed by atoms with Gasteiger partial charge in [0.05, 0.1) is 10.5 Å². The van der Waals surface area contributed by atoms with Gasteiger partial charge in [0.15, 0.2) is 0 Å². The minimum Gasteiger partial charge on any atom is -0.478 e. The Kier molecular flexibility index (Phi) is 27.6. The molecular weight excluding hydrogens is 705 g/mol. The van der Waals surface area contributed by atoms with Crippen molar-refractivity contribution in [1.29, 1.82) is 0 Å². The van der Waals surface area contributed by atoms with Gasteiger partial charge in [0, 0.05) is 16.7 Å². The van der Waals surface area contributed by atoms with Crippen molar-refractivity contribution in [3.8, 4) is 0 Å². The molecule has 1 aromatic carbocycles. The van der Waals surface area contributed by atoms with Crippen LogP contribution in [0.15, 0.2) is 23.1 Å². The molecule has 0 spiro atoms. The van der Waals surface area contributed by atoms with E-state index in [9.17, 15) is 18.3 Å². The number of carboxylic acids is 1. The van der Waals surface area contributed by atoms with Crippen LogP contribution in [0.2, 0.25) is 0 Å². The van der Waals surface area contributed by atoms with Gasteiger partial charge in [-0.2, -0.15) is 4.31 Å². The molecule has 268 valence electrons. The molecule has 46 heavy (non-hydrogen) atoms. The van der Waals surface area contributed by atoms with Gasteiger partial charge < -0.3 is 5.11 Å². The van der Waals surface area contributed by atoms with E-state index < -0.39 is 16.0 Å². The van der Waals surface area contributed by atoms with E-state index in [1.54, 1.807) is 10.4 Å². The summed E-state index contributed by atoms with van der Waals surface area (Å²) in [6.45, 7) is 5.55. The Morgan fingerprint density at radius 1 is 0.543 bits per heavy atom. The molecule has 0 aliphatic rings. The third-order valence-corrected chi connectivity index (χ3v) is 11.8. The molecule has 0 unspecified atom stereocenters. The van der Waals surface area contributed by atoms with Gasteiger partial charge >= 0.3 is 5.97 Å². The van der Waals surface area contributed by atoms with E-state index >= 15 is 0 Å². The number of sulfonamides is 1. The van der Waals surface area contributed by atoms with Gasteiger partial charge in [-0.3, -0.25) is 0 Å². The van der Waals surface area contributed by atoms with Crippen molar-refractivity contribution in [3.05, 3.63) is 27.3 Å². The Morgan fingerprint density at radius 2 is 0.848 bits per heavy atom. The van der Waals surface area contributed by atoms with Crippen LogP contribution in [0.25, 0.3) is 0 Å². The first kappa shape index (κ1) is 43.4. The highest BCUT2D eigenvalue weighted by Crippen LogP contribution is 2.23. The van der Waals surface area contributed by atoms with Crippen LogP contribution in [-0.4, -0.2) is 36.9 Å². The minimum atomic E-state index is -3.75. The second kappa shape index (κ2) is 29.3. The predicted molar refractivity (Wildman–Crippen MR) is 206 cm³/mol. The average molecular weight is 776 g/mol. The summed E-state index contributed by atoms with van der Waals surface area (Å²) in [5.41, 5.74) is 0.0263. The molecule has 1 aromatic rings. The van der Waals surface area contributed by atoms with Crippen LogP contribution >= 0.6 is 22.6 Å². The van der Waals surface area contributed by atoms with E-state index in [0.717, 1.165) is 38.5 Å². The summed E-state index contributed by atoms with van der Waals surface area (Å²) >= 11 is 2.01. The first-order valence-electron chi connectivity index (χ1n) is 19.4. The summed E-state index contributed by atoms with van der Waals surface area (Å²) in [6, 6.07) is 4.45. The molecule has 0 heterocycles. The van der Waals surface area contributed by atoms with Gasteiger partial charge in [-0.25, -0.2) is 13.2 Å². The molecule has 1 rings (SSSR count). The topological polar surface area (TPSA) is 74.7 Å². The van der Waals surface area contributed by atoms with Crippen LogP contribution in [0, 0.1) is 3.57 Å². The van der Waals surface area contributed by atoms with Gasteiger partial charge in [0.1, 0.15) is 0 Å². The van der Waals surface area contributed by atoms with Crippen molar-refractivity contribution < 1.29 is 18.3 Å². The zero-order valence-electron chi connectivity index (χ0n) is 29.9. The van der Waals surface area contributed by atoms with Gasteiger partial charge in [0.25, 0.3) is 0 Å². The maximum Gasteiger partial charge on any atom is 0.335 e. The van der Waals surface area contributed by atoms with Gasteiger partial charge in [0.2, 0.25) is 10.0 Å². The number of hydrogen-bond donors (Lipinski definition) is 1. The van der Waals surface area contributed by atoms with Crippen molar-refractivity contribution in [1.82, 2.24) is 4.31 Å². The summed E-state index contributed by atoms with van der Waals surface area (Å²) in [5.74, 6) is -1.10. The Hall–Kier alpha value is -0.670. The van der Waals surface area contributed by atoms with E-state index in [-0.39, 0.29) is 10.5 Å². The Balaban J connectivity index is 2.41. The van der Waals surface area contributed by atoms with Gasteiger partial charge in [-0.05, 0) is 53.6 Å². The van der Waals surface area contributed by atoms with E-state index in [0.29, 0.717) is 16.7 Å². The highest BCUT2D eigenvalue weighted by molar-refractivity contribution is 14.1. The zero-order valence-corrected chi connectivity index (χ0v) is 32.8. The van der Waals surface area contributed by atoms with E-state index in [1.807, 2.05) is 22.6 Å². The Morgan fingerprint density at radius 3 is 1.15 bits per heavy atom. The fourth-order valence-corrected chi connectivity index (χ4v) is 8.77. The third-order valence-electron chi connectivity index (χ3n) is 9.28. The number of carboxylic acid groups (broad SMARTS) is 1. The molecule has 0 saturated carbocycles. The van der Waals surface area contributed by atoms with E-state index in [2.05, 4.69) is 13.8 Å². The minimum absolute atomic E-state index is 0.0263. The number of rotatable bonds is 33. The van der Waals surface area contributed by atoms with Crippen LogP contribution in [-0.2, 0) is 10.0 Å². The van der Waals surface area contributed by atoms with Crippen LogP contribution in [0.1, 0.15) is 204 Å². The first-order valence-corrected chi connectivity index (χ1v) is 21.9. The number of benzene rings is 1. The Labute approximate surface area is 298 Å². The molecule has 0 bridgehead atoms. The molecule has 0 radical (unpaired) electrons. The summed E-state index contributed by atoms with van der Waals surface area (Å²) in [4.78, 5) is 11.7. The molecule has 0 aromatic heterocycles. The molecule has 0 fully saturated rings. The van der Waals surface area contributed by atoms with Crippen molar-refractivity contribution in [2.24, 2.45) is 0 Å². The number of halogens is 1. The first-order chi connectivity index (χ1) is 22.3. The number of nitrogens with zero attached hydrogens (tertiary/aromatic N) is 1. The third kappa shape index (κ3) is 22.1. The maximum atomic E-state index is 13.7. The second-order valence-corrected chi connectivity index (χ2v) is 16.8. The van der Waals surface area contributed by atoms with Gasteiger partial charge in [-0.1, -0.05) is 181 Å². The molecule has 0 saturated heterocycles. The fourth-order valence-electron chi connectivity index (χ4n) is 6.30. The molecule has 0 amide bonds. The van der Waals surface area contributed by atoms with E-state index in [4.69, 9.17) is 0 Å². The SMILES string of the molecule is CCCCCCCCCCCCCCCCN(CCCCCCCCCCCCCCCC)S(=O)(=O)c1cc(I)cc(C(=O)O)c1. The summed E-state index contributed by atoms with van der Waals surface area (Å²) in [5, 5.41) is 9.51. The standard InChI is InChI=1S/C39H70INO4S/c1-3-5-7-9-11-13-15-17-19-21-23-25-27-29-31-41(46(44,45)38-34-36(39(42)43)33-37(40)35-38)32-30-28-26-24-22-20-18-16-14-12-10-8-6-4-2/h33-35H,3-32H2,1-2H3,(H,42,43). The van der Waals surface area contributed by atoms with Crippen molar-refractivity contribution in [3.63, 3.8) is 0 Å². The van der Waals surface area contributed by atoms with Crippen molar-refractivity contribution in [2.45, 2.75) is 199 Å². The second-order valence-electron chi connectivity index (χ2n) is 13.6. The Bertz CT molecular complexity index is 952. The maximum absolute atomic E-state index is 13.7. The van der Waals surface area contributed by atoms with Crippen LogP contribution in [0.5, 0.6) is 0 Å². The van der Waals surface area contributed by atoms with Crippen molar-refractivity contribution in [2.75, 3.05) is 13.1 Å². The molecule has 0 atom stereocenters. The molecular formula is C39H70INO4S. The largest absolute Gasteiger partial charge is 0.478 e. The summed E-state index contributed by atoms with van der Waals surface area (Å²) < 4.78 is 29.7. The highest BCUT2D eigenvalue weighted by atomic mass is 127. The molecule has 5 nitrogen and oxygen atoms in total. The molecule has 0 aliphatic heterocycles. The normalized spacial score (nSPS) is 11.9. The lowest BCUT2D eigenvalue weighted by Crippen LogP contribution is -2.33. The number of unbranched alkanes of at least 4 members (excludes halogenated alkanes) is 26. The summed E-state index contributed by atoms with van der Waals surface area (Å²) in [7, 11) is -3.75. The predicted octanol–water partition coefficient (Wildman–Crippen LogP) is 12.9. The van der Waals surface area contributed by atoms with Crippen LogP contribution < -0.4 is 0 Å². The highest BCUT2D eigenvalue weighted by Gasteiger charge is 2.25. The smallest absolute Gasteiger partial charge is 0.335 e. The number of carbonyl (C=O) groups is 1. The molecule has 0 aliphatic carbocycles.